The van der Waals surface area contributed by atoms with Gasteiger partial charge in [-0.25, -0.2) is 0 Å². The van der Waals surface area contributed by atoms with Gasteiger partial charge in [-0.2, -0.15) is 0 Å². The second-order valence-corrected chi connectivity index (χ2v) is 3.53. The third-order valence-electron chi connectivity index (χ3n) is 1.59. The van der Waals surface area contributed by atoms with Crippen molar-refractivity contribution in [2.75, 3.05) is 11.9 Å². The van der Waals surface area contributed by atoms with Gasteiger partial charge in [-0.1, -0.05) is 11.2 Å². The number of nitrogens with one attached hydrogen (secondary N) is 1. The van der Waals surface area contributed by atoms with Crippen molar-refractivity contribution in [3.63, 3.8) is 0 Å². The van der Waals surface area contributed by atoms with Crippen molar-refractivity contribution in [3.05, 3.63) is 28.8 Å². The molecular formula is C8H9N3OS. The van der Waals surface area contributed by atoms with Gasteiger partial charge in [0.05, 0.1) is 0 Å². The molecule has 0 atom stereocenters. The maximum atomic E-state index is 4.92. The molecule has 2 rings (SSSR count). The number of hydrogen-bond acceptors (Lipinski definition) is 5. The van der Waals surface area contributed by atoms with Gasteiger partial charge in [0.25, 0.3) is 0 Å². The van der Waals surface area contributed by atoms with E-state index in [9.17, 15) is 0 Å². The summed E-state index contributed by atoms with van der Waals surface area (Å²) in [4.78, 5) is 1.35. The van der Waals surface area contributed by atoms with Gasteiger partial charge in [0, 0.05) is 11.4 Å². The Morgan fingerprint density at radius 3 is 3.23 bits per heavy atom. The number of thiophene rings is 1. The van der Waals surface area contributed by atoms with Crippen LogP contribution in [0.5, 0.6) is 0 Å². The lowest BCUT2D eigenvalue weighted by Gasteiger charge is -1.97. The van der Waals surface area contributed by atoms with Crippen molar-refractivity contribution >= 4 is 17.4 Å². The molecule has 0 radical (unpaired) electrons. The number of anilines is 1. The molecule has 1 N–H and O–H groups in total. The predicted octanol–water partition coefficient (Wildman–Crippen LogP) is 1.79. The minimum absolute atomic E-state index is 0.483. The van der Waals surface area contributed by atoms with E-state index >= 15 is 0 Å². The topological polar surface area (TPSA) is 51.0 Å². The summed E-state index contributed by atoms with van der Waals surface area (Å²) in [5.41, 5.74) is 0. The van der Waals surface area contributed by atoms with E-state index in [0.29, 0.717) is 6.01 Å². The van der Waals surface area contributed by atoms with Gasteiger partial charge in [-0.05, 0) is 17.9 Å². The van der Waals surface area contributed by atoms with Gasteiger partial charge in [0.1, 0.15) is 0 Å². The second kappa shape index (κ2) is 4.04. The summed E-state index contributed by atoms with van der Waals surface area (Å²) in [7, 11) is 0. The van der Waals surface area contributed by atoms with Crippen molar-refractivity contribution in [2.24, 2.45) is 0 Å². The third kappa shape index (κ3) is 2.29. The fourth-order valence-electron chi connectivity index (χ4n) is 0.998. The first-order valence-corrected chi connectivity index (χ1v) is 4.85. The summed E-state index contributed by atoms with van der Waals surface area (Å²) in [6.07, 6.45) is 2.30. The fraction of sp³-hybridized carbons (Fsp3) is 0.250. The molecule has 0 saturated heterocycles. The first-order valence-electron chi connectivity index (χ1n) is 3.97. The van der Waals surface area contributed by atoms with E-state index in [1.807, 2.05) is 6.07 Å². The zero-order valence-electron chi connectivity index (χ0n) is 6.93. The average Bonchev–Trinajstić information content (AvgIpc) is 2.75. The van der Waals surface area contributed by atoms with Crippen molar-refractivity contribution in [3.8, 4) is 0 Å². The summed E-state index contributed by atoms with van der Waals surface area (Å²) in [6, 6.07) is 4.64. The van der Waals surface area contributed by atoms with E-state index < -0.39 is 0 Å². The molecule has 2 aromatic rings. The Morgan fingerprint density at radius 1 is 1.54 bits per heavy atom. The predicted molar refractivity (Wildman–Crippen MR) is 50.8 cm³/mol. The molecule has 0 amide bonds. The van der Waals surface area contributed by atoms with Crippen LogP contribution in [-0.2, 0) is 6.42 Å². The Balaban J connectivity index is 1.76. The van der Waals surface area contributed by atoms with Crippen LogP contribution in [0.25, 0.3) is 0 Å². The Kier molecular flexibility index (Phi) is 2.56. The first-order chi connectivity index (χ1) is 6.45. The minimum Gasteiger partial charge on any atom is -0.411 e. The molecule has 0 fully saturated rings. The normalized spacial score (nSPS) is 10.2. The van der Waals surface area contributed by atoms with Crippen LogP contribution in [0.4, 0.5) is 6.01 Å². The Morgan fingerprint density at radius 2 is 2.54 bits per heavy atom. The zero-order valence-corrected chi connectivity index (χ0v) is 7.75. The molecule has 0 aliphatic rings. The standard InChI is InChI=1S/C8H9N3OS/c1-2-7(13-5-1)3-4-9-8-11-10-6-12-8/h1-2,5-6H,3-4H2,(H,9,11). The molecular weight excluding hydrogens is 186 g/mol. The smallest absolute Gasteiger partial charge is 0.315 e. The van der Waals surface area contributed by atoms with Crippen LogP contribution < -0.4 is 5.32 Å². The average molecular weight is 195 g/mol. The molecule has 4 nitrogen and oxygen atoms in total. The van der Waals surface area contributed by atoms with Crippen LogP contribution in [0.3, 0.4) is 0 Å². The molecule has 13 heavy (non-hydrogen) atoms. The number of aromatic nitrogens is 2. The highest BCUT2D eigenvalue weighted by atomic mass is 32.1. The highest BCUT2D eigenvalue weighted by molar-refractivity contribution is 7.09. The highest BCUT2D eigenvalue weighted by Crippen LogP contribution is 2.09. The van der Waals surface area contributed by atoms with Crippen LogP contribution in [0.1, 0.15) is 4.88 Å². The fourth-order valence-corrected chi connectivity index (χ4v) is 1.71. The van der Waals surface area contributed by atoms with Crippen LogP contribution in [0, 0.1) is 0 Å². The number of hydrogen-bond donors (Lipinski definition) is 1. The van der Waals surface area contributed by atoms with Crippen LogP contribution in [0.15, 0.2) is 28.3 Å². The Bertz CT molecular complexity index is 296. The molecule has 68 valence electrons. The largest absolute Gasteiger partial charge is 0.411 e. The molecule has 0 saturated carbocycles. The van der Waals surface area contributed by atoms with E-state index in [2.05, 4.69) is 27.0 Å². The molecule has 0 aliphatic carbocycles. The monoisotopic (exact) mass is 195 g/mol. The third-order valence-corrected chi connectivity index (χ3v) is 2.52. The summed E-state index contributed by atoms with van der Waals surface area (Å²) in [5.74, 6) is 0. The van der Waals surface area contributed by atoms with Crippen LogP contribution >= 0.6 is 11.3 Å². The summed E-state index contributed by atoms with van der Waals surface area (Å²) < 4.78 is 4.92. The summed E-state index contributed by atoms with van der Waals surface area (Å²) in [5, 5.41) is 12.4. The van der Waals surface area contributed by atoms with E-state index in [4.69, 9.17) is 4.42 Å². The van der Waals surface area contributed by atoms with E-state index in [1.165, 1.54) is 11.3 Å². The second-order valence-electron chi connectivity index (χ2n) is 2.50. The van der Waals surface area contributed by atoms with Gasteiger partial charge in [-0.15, -0.1) is 16.4 Å². The Labute approximate surface area is 79.6 Å². The van der Waals surface area contributed by atoms with Gasteiger partial charge >= 0.3 is 6.01 Å². The quantitative estimate of drug-likeness (QED) is 0.808. The summed E-state index contributed by atoms with van der Waals surface area (Å²) >= 11 is 1.75. The van der Waals surface area contributed by atoms with Gasteiger partial charge in [0.15, 0.2) is 0 Å². The first kappa shape index (κ1) is 8.25. The Hall–Kier alpha value is -1.36. The molecule has 0 aliphatic heterocycles. The lowest BCUT2D eigenvalue weighted by atomic mass is 10.3. The SMILES string of the molecule is c1csc(CCNc2nnco2)c1. The van der Waals surface area contributed by atoms with Gasteiger partial charge in [0.2, 0.25) is 6.39 Å². The van der Waals surface area contributed by atoms with Crippen molar-refractivity contribution < 1.29 is 4.42 Å². The molecule has 0 unspecified atom stereocenters. The van der Waals surface area contributed by atoms with Crippen LogP contribution in [-0.4, -0.2) is 16.7 Å². The summed E-state index contributed by atoms with van der Waals surface area (Å²) in [6.45, 7) is 0.822. The van der Waals surface area contributed by atoms with Crippen molar-refractivity contribution in [1.29, 1.82) is 0 Å². The van der Waals surface area contributed by atoms with E-state index in [1.54, 1.807) is 11.3 Å². The molecule has 5 heteroatoms. The van der Waals surface area contributed by atoms with Gasteiger partial charge < -0.3 is 9.73 Å². The van der Waals surface area contributed by atoms with Crippen molar-refractivity contribution in [2.45, 2.75) is 6.42 Å². The zero-order chi connectivity index (χ0) is 8.93. The van der Waals surface area contributed by atoms with E-state index in [-0.39, 0.29) is 0 Å². The molecule has 0 spiro atoms. The highest BCUT2D eigenvalue weighted by Gasteiger charge is 1.97. The van der Waals surface area contributed by atoms with Gasteiger partial charge in [-0.3, -0.25) is 0 Å². The molecule has 2 aromatic heterocycles. The van der Waals surface area contributed by atoms with E-state index in [0.717, 1.165) is 13.0 Å². The molecule has 0 aromatic carbocycles. The van der Waals surface area contributed by atoms with Crippen molar-refractivity contribution in [1.82, 2.24) is 10.2 Å². The van der Waals surface area contributed by atoms with Crippen LogP contribution in [0.2, 0.25) is 0 Å². The molecule has 0 bridgehead atoms. The number of nitrogens with zero attached hydrogens (tertiary/aromatic N) is 2. The lowest BCUT2D eigenvalue weighted by molar-refractivity contribution is 0.566. The lowest BCUT2D eigenvalue weighted by Crippen LogP contribution is -2.03. The minimum atomic E-state index is 0.483. The number of rotatable bonds is 4. The molecule has 2 heterocycles. The maximum absolute atomic E-state index is 4.92. The maximum Gasteiger partial charge on any atom is 0.315 e.